The number of rotatable bonds is 7. The standard InChI is InChI=1S/C23H23NO2/c1-2-8-18-13-15-20(16-14-18)24-23(25)22-12-7-6-9-19(22)17-26-21-10-4-3-5-11-21/h3-7,9-16H,2,8,17H2,1H3,(H,24,25). The minimum absolute atomic E-state index is 0.125. The molecule has 3 heteroatoms. The zero-order chi connectivity index (χ0) is 18.2. The lowest BCUT2D eigenvalue weighted by molar-refractivity contribution is 0.102. The first-order valence-electron chi connectivity index (χ1n) is 8.92. The van der Waals surface area contributed by atoms with E-state index in [1.165, 1.54) is 5.56 Å². The summed E-state index contributed by atoms with van der Waals surface area (Å²) in [4.78, 5) is 12.7. The Kier molecular flexibility index (Phi) is 6.05. The third-order valence-electron chi connectivity index (χ3n) is 4.15. The van der Waals surface area contributed by atoms with Crippen molar-refractivity contribution in [1.29, 1.82) is 0 Å². The number of ether oxygens (including phenoxy) is 1. The highest BCUT2D eigenvalue weighted by molar-refractivity contribution is 6.05. The molecule has 1 amide bonds. The molecule has 3 nitrogen and oxygen atoms in total. The van der Waals surface area contributed by atoms with Gasteiger partial charge in [-0.1, -0.05) is 61.9 Å². The summed E-state index contributed by atoms with van der Waals surface area (Å²) >= 11 is 0. The summed E-state index contributed by atoms with van der Waals surface area (Å²) in [5.41, 5.74) is 3.56. The van der Waals surface area contributed by atoms with E-state index in [2.05, 4.69) is 24.4 Å². The molecule has 0 fully saturated rings. The minimum atomic E-state index is -0.125. The summed E-state index contributed by atoms with van der Waals surface area (Å²) in [6, 6.07) is 25.1. The molecule has 0 radical (unpaired) electrons. The molecule has 26 heavy (non-hydrogen) atoms. The maximum atomic E-state index is 12.7. The van der Waals surface area contributed by atoms with Crippen molar-refractivity contribution in [3.8, 4) is 5.75 Å². The molecular formula is C23H23NO2. The van der Waals surface area contributed by atoms with Crippen LogP contribution in [0.4, 0.5) is 5.69 Å². The van der Waals surface area contributed by atoms with E-state index in [4.69, 9.17) is 4.74 Å². The van der Waals surface area contributed by atoms with Gasteiger partial charge in [0.2, 0.25) is 0 Å². The number of carbonyl (C=O) groups excluding carboxylic acids is 1. The normalized spacial score (nSPS) is 10.3. The Labute approximate surface area is 154 Å². The largest absolute Gasteiger partial charge is 0.489 e. The molecule has 0 atom stereocenters. The number of anilines is 1. The van der Waals surface area contributed by atoms with Crippen LogP contribution in [0.3, 0.4) is 0 Å². The van der Waals surface area contributed by atoms with E-state index in [1.54, 1.807) is 0 Å². The van der Waals surface area contributed by atoms with Crippen LogP contribution in [0.1, 0.15) is 34.8 Å². The number of hydrogen-bond acceptors (Lipinski definition) is 2. The van der Waals surface area contributed by atoms with Crippen LogP contribution < -0.4 is 10.1 Å². The Balaban J connectivity index is 1.69. The first-order valence-corrected chi connectivity index (χ1v) is 8.92. The summed E-state index contributed by atoms with van der Waals surface area (Å²) < 4.78 is 5.80. The van der Waals surface area contributed by atoms with Crippen molar-refractivity contribution in [2.45, 2.75) is 26.4 Å². The summed E-state index contributed by atoms with van der Waals surface area (Å²) in [7, 11) is 0. The predicted molar refractivity (Wildman–Crippen MR) is 106 cm³/mol. The Morgan fingerprint density at radius 3 is 2.31 bits per heavy atom. The van der Waals surface area contributed by atoms with Crippen LogP contribution in [0, 0.1) is 0 Å². The zero-order valence-corrected chi connectivity index (χ0v) is 14.9. The molecule has 1 N–H and O–H groups in total. The van der Waals surface area contributed by atoms with Gasteiger partial charge in [-0.2, -0.15) is 0 Å². The van der Waals surface area contributed by atoms with Crippen LogP contribution in [0.5, 0.6) is 5.75 Å². The van der Waals surface area contributed by atoms with Crippen molar-refractivity contribution in [3.05, 3.63) is 95.6 Å². The van der Waals surface area contributed by atoms with Crippen LogP contribution in [-0.2, 0) is 13.0 Å². The van der Waals surface area contributed by atoms with Crippen molar-refractivity contribution >= 4 is 11.6 Å². The Morgan fingerprint density at radius 2 is 1.58 bits per heavy atom. The number of aryl methyl sites for hydroxylation is 1. The average Bonchev–Trinajstić information content (AvgIpc) is 2.69. The topological polar surface area (TPSA) is 38.3 Å². The highest BCUT2D eigenvalue weighted by atomic mass is 16.5. The quantitative estimate of drug-likeness (QED) is 0.616. The van der Waals surface area contributed by atoms with Gasteiger partial charge in [-0.3, -0.25) is 4.79 Å². The molecule has 0 aliphatic rings. The van der Waals surface area contributed by atoms with Gasteiger partial charge >= 0.3 is 0 Å². The molecule has 3 aromatic rings. The van der Waals surface area contributed by atoms with Crippen molar-refractivity contribution in [1.82, 2.24) is 0 Å². The SMILES string of the molecule is CCCc1ccc(NC(=O)c2ccccc2COc2ccccc2)cc1. The predicted octanol–water partition coefficient (Wildman–Crippen LogP) is 5.47. The molecule has 3 rings (SSSR count). The van der Waals surface area contributed by atoms with E-state index in [-0.39, 0.29) is 5.91 Å². The summed E-state index contributed by atoms with van der Waals surface area (Å²) in [5, 5.41) is 2.97. The van der Waals surface area contributed by atoms with Gasteiger partial charge in [0, 0.05) is 16.8 Å². The summed E-state index contributed by atoms with van der Waals surface area (Å²) in [6.07, 6.45) is 2.16. The van der Waals surface area contributed by atoms with E-state index in [0.717, 1.165) is 29.8 Å². The lowest BCUT2D eigenvalue weighted by Gasteiger charge is -2.12. The molecule has 0 aromatic heterocycles. The van der Waals surface area contributed by atoms with E-state index < -0.39 is 0 Å². The molecule has 0 aliphatic carbocycles. The van der Waals surface area contributed by atoms with Gasteiger partial charge in [0.25, 0.3) is 5.91 Å². The Hall–Kier alpha value is -3.07. The minimum Gasteiger partial charge on any atom is -0.489 e. The maximum absolute atomic E-state index is 12.7. The number of carbonyl (C=O) groups is 1. The number of amides is 1. The molecule has 0 saturated carbocycles. The Morgan fingerprint density at radius 1 is 0.885 bits per heavy atom. The van der Waals surface area contributed by atoms with Crippen molar-refractivity contribution < 1.29 is 9.53 Å². The molecule has 0 bridgehead atoms. The van der Waals surface area contributed by atoms with Crippen LogP contribution >= 0.6 is 0 Å². The second kappa shape index (κ2) is 8.86. The monoisotopic (exact) mass is 345 g/mol. The lowest BCUT2D eigenvalue weighted by atomic mass is 10.1. The first-order chi connectivity index (χ1) is 12.8. The van der Waals surface area contributed by atoms with Gasteiger partial charge in [0.15, 0.2) is 0 Å². The molecule has 0 spiro atoms. The molecule has 0 heterocycles. The molecule has 132 valence electrons. The molecule has 0 saturated heterocycles. The van der Waals surface area contributed by atoms with Gasteiger partial charge < -0.3 is 10.1 Å². The molecule has 3 aromatic carbocycles. The third-order valence-corrected chi connectivity index (χ3v) is 4.15. The van der Waals surface area contributed by atoms with Crippen molar-refractivity contribution in [3.63, 3.8) is 0 Å². The fraction of sp³-hybridized carbons (Fsp3) is 0.174. The average molecular weight is 345 g/mol. The van der Waals surface area contributed by atoms with Crippen LogP contribution in [0.25, 0.3) is 0 Å². The van der Waals surface area contributed by atoms with Crippen LogP contribution in [-0.4, -0.2) is 5.91 Å². The third kappa shape index (κ3) is 4.73. The van der Waals surface area contributed by atoms with Crippen LogP contribution in [0.2, 0.25) is 0 Å². The van der Waals surface area contributed by atoms with Gasteiger partial charge in [0.05, 0.1) is 0 Å². The molecule has 0 unspecified atom stereocenters. The van der Waals surface area contributed by atoms with E-state index >= 15 is 0 Å². The van der Waals surface area contributed by atoms with Crippen molar-refractivity contribution in [2.75, 3.05) is 5.32 Å². The Bertz CT molecular complexity index is 842. The van der Waals surface area contributed by atoms with Gasteiger partial charge in [-0.05, 0) is 42.3 Å². The fourth-order valence-corrected chi connectivity index (χ4v) is 2.79. The maximum Gasteiger partial charge on any atom is 0.256 e. The van der Waals surface area contributed by atoms with Crippen LogP contribution in [0.15, 0.2) is 78.9 Å². The number of benzene rings is 3. The second-order valence-electron chi connectivity index (χ2n) is 6.16. The van der Waals surface area contributed by atoms with Gasteiger partial charge in [0.1, 0.15) is 12.4 Å². The fourth-order valence-electron chi connectivity index (χ4n) is 2.79. The van der Waals surface area contributed by atoms with E-state index in [9.17, 15) is 4.79 Å². The summed E-state index contributed by atoms with van der Waals surface area (Å²) in [5.74, 6) is 0.662. The number of hydrogen-bond donors (Lipinski definition) is 1. The highest BCUT2D eigenvalue weighted by Crippen LogP contribution is 2.17. The zero-order valence-electron chi connectivity index (χ0n) is 14.9. The van der Waals surface area contributed by atoms with Gasteiger partial charge in [-0.25, -0.2) is 0 Å². The van der Waals surface area contributed by atoms with Crippen molar-refractivity contribution in [2.24, 2.45) is 0 Å². The van der Waals surface area contributed by atoms with Gasteiger partial charge in [-0.15, -0.1) is 0 Å². The second-order valence-corrected chi connectivity index (χ2v) is 6.16. The van der Waals surface area contributed by atoms with E-state index in [1.807, 2.05) is 66.7 Å². The summed E-state index contributed by atoms with van der Waals surface area (Å²) in [6.45, 7) is 2.51. The smallest absolute Gasteiger partial charge is 0.256 e. The lowest BCUT2D eigenvalue weighted by Crippen LogP contribution is -2.15. The first kappa shape index (κ1) is 17.7. The highest BCUT2D eigenvalue weighted by Gasteiger charge is 2.11. The number of nitrogens with one attached hydrogen (secondary N) is 1. The number of para-hydroxylation sites is 1. The molecular weight excluding hydrogens is 322 g/mol. The van der Waals surface area contributed by atoms with E-state index in [0.29, 0.717) is 12.2 Å². The molecule has 0 aliphatic heterocycles.